The first-order chi connectivity index (χ1) is 16.0. The third-order valence-corrected chi connectivity index (χ3v) is 6.02. The zero-order chi connectivity index (χ0) is 23.4. The quantitative estimate of drug-likeness (QED) is 0.549. The fraction of sp³-hybridized carbons (Fsp3) is 0.296. The second-order valence-electron chi connectivity index (χ2n) is 8.50. The molecule has 1 fully saturated rings. The van der Waals surface area contributed by atoms with Gasteiger partial charge >= 0.3 is 0 Å². The van der Waals surface area contributed by atoms with E-state index in [9.17, 15) is 14.4 Å². The van der Waals surface area contributed by atoms with Crippen LogP contribution < -0.4 is 4.90 Å². The third kappa shape index (κ3) is 4.90. The van der Waals surface area contributed by atoms with Crippen LogP contribution in [0.2, 0.25) is 0 Å². The Morgan fingerprint density at radius 3 is 2.55 bits per heavy atom. The lowest BCUT2D eigenvalue weighted by Crippen LogP contribution is -2.43. The lowest BCUT2D eigenvalue weighted by molar-refractivity contribution is -0.132. The van der Waals surface area contributed by atoms with Gasteiger partial charge < -0.3 is 9.80 Å². The largest absolute Gasteiger partial charge is 0.329 e. The van der Waals surface area contributed by atoms with E-state index in [0.717, 1.165) is 34.9 Å². The second kappa shape index (κ2) is 9.86. The molecule has 3 aromatic carbocycles. The van der Waals surface area contributed by atoms with Crippen molar-refractivity contribution in [1.29, 1.82) is 0 Å². The molecule has 1 aliphatic heterocycles. The van der Waals surface area contributed by atoms with E-state index in [1.165, 1.54) is 4.90 Å². The predicted molar refractivity (Wildman–Crippen MR) is 130 cm³/mol. The summed E-state index contributed by atoms with van der Waals surface area (Å²) in [6, 6.07) is 21.1. The number of nitrogens with zero attached hydrogens (tertiary/aromatic N) is 3. The number of hydrogen-bond donors (Lipinski definition) is 0. The second-order valence-corrected chi connectivity index (χ2v) is 8.50. The third-order valence-electron chi connectivity index (χ3n) is 6.02. The van der Waals surface area contributed by atoms with Gasteiger partial charge in [0.15, 0.2) is 0 Å². The van der Waals surface area contributed by atoms with Crippen molar-refractivity contribution in [3.8, 4) is 0 Å². The Balaban J connectivity index is 1.52. The van der Waals surface area contributed by atoms with Gasteiger partial charge in [0.25, 0.3) is 5.91 Å². The standard InChI is InChI=1S/C27H29N3O3/c1-3-4-15-28(27(33)24-14-8-11-21-10-5-6-13-23(21)24)17-25(31)29-18-26(32)30(19-29)22-12-7-9-20(2)16-22/h5-14,16H,3-4,15,17-19H2,1-2H3. The molecule has 0 N–H and O–H groups in total. The Morgan fingerprint density at radius 2 is 1.76 bits per heavy atom. The topological polar surface area (TPSA) is 60.9 Å². The van der Waals surface area contributed by atoms with Crippen LogP contribution >= 0.6 is 0 Å². The van der Waals surface area contributed by atoms with E-state index >= 15 is 0 Å². The molecule has 4 rings (SSSR count). The summed E-state index contributed by atoms with van der Waals surface area (Å²) in [5.41, 5.74) is 2.43. The van der Waals surface area contributed by atoms with E-state index in [0.29, 0.717) is 12.1 Å². The van der Waals surface area contributed by atoms with Crippen molar-refractivity contribution >= 4 is 34.2 Å². The summed E-state index contributed by atoms with van der Waals surface area (Å²) in [5, 5.41) is 1.87. The van der Waals surface area contributed by atoms with Gasteiger partial charge in [-0.25, -0.2) is 0 Å². The van der Waals surface area contributed by atoms with Crippen LogP contribution in [0.15, 0.2) is 66.7 Å². The number of rotatable bonds is 7. The Labute approximate surface area is 194 Å². The van der Waals surface area contributed by atoms with Crippen molar-refractivity contribution in [2.24, 2.45) is 0 Å². The zero-order valence-electron chi connectivity index (χ0n) is 19.2. The monoisotopic (exact) mass is 443 g/mol. The lowest BCUT2D eigenvalue weighted by Gasteiger charge is -2.25. The summed E-state index contributed by atoms with van der Waals surface area (Å²) >= 11 is 0. The number of fused-ring (bicyclic) bond motifs is 1. The molecule has 1 saturated heterocycles. The van der Waals surface area contributed by atoms with Gasteiger partial charge in [-0.2, -0.15) is 0 Å². The van der Waals surface area contributed by atoms with Crippen LogP contribution in [0.5, 0.6) is 0 Å². The van der Waals surface area contributed by atoms with Gasteiger partial charge in [-0.15, -0.1) is 0 Å². The molecule has 1 aliphatic rings. The van der Waals surface area contributed by atoms with Gasteiger partial charge in [-0.3, -0.25) is 19.3 Å². The number of hydrogen-bond acceptors (Lipinski definition) is 3. The number of benzene rings is 3. The molecule has 1 heterocycles. The Hall–Kier alpha value is -3.67. The molecule has 0 spiro atoms. The first-order valence-electron chi connectivity index (χ1n) is 11.4. The van der Waals surface area contributed by atoms with Gasteiger partial charge in [0.1, 0.15) is 19.8 Å². The van der Waals surface area contributed by atoms with Gasteiger partial charge in [0.05, 0.1) is 0 Å². The number of amides is 3. The summed E-state index contributed by atoms with van der Waals surface area (Å²) in [6.07, 6.45) is 1.72. The molecule has 0 aliphatic carbocycles. The molecule has 33 heavy (non-hydrogen) atoms. The molecule has 0 atom stereocenters. The van der Waals surface area contributed by atoms with Crippen LogP contribution in [0.25, 0.3) is 10.8 Å². The molecule has 0 saturated carbocycles. The van der Waals surface area contributed by atoms with Gasteiger partial charge in [0, 0.05) is 17.8 Å². The molecule has 3 amide bonds. The molecule has 3 aromatic rings. The Bertz CT molecular complexity index is 1180. The van der Waals surface area contributed by atoms with Crippen LogP contribution in [0.3, 0.4) is 0 Å². The number of carbonyl (C=O) groups excluding carboxylic acids is 3. The lowest BCUT2D eigenvalue weighted by atomic mass is 10.0. The molecule has 170 valence electrons. The van der Waals surface area contributed by atoms with Crippen molar-refractivity contribution in [2.75, 3.05) is 31.2 Å². The molecule has 0 radical (unpaired) electrons. The molecule has 0 unspecified atom stereocenters. The first-order valence-corrected chi connectivity index (χ1v) is 11.4. The van der Waals surface area contributed by atoms with E-state index in [1.807, 2.05) is 73.7 Å². The number of aryl methyl sites for hydroxylation is 1. The fourth-order valence-electron chi connectivity index (χ4n) is 4.18. The van der Waals surface area contributed by atoms with Crippen LogP contribution in [-0.4, -0.2) is 53.8 Å². The SMILES string of the molecule is CCCCN(CC(=O)N1CC(=O)N(c2cccc(C)c2)C1)C(=O)c1cccc2ccccc12. The molecule has 6 nitrogen and oxygen atoms in total. The summed E-state index contributed by atoms with van der Waals surface area (Å²) < 4.78 is 0. The van der Waals surface area contributed by atoms with Crippen LogP contribution in [0.1, 0.15) is 35.7 Å². The van der Waals surface area contributed by atoms with Crippen LogP contribution in [0.4, 0.5) is 5.69 Å². The molecule has 6 heteroatoms. The minimum Gasteiger partial charge on any atom is -0.329 e. The number of carbonyl (C=O) groups is 3. The summed E-state index contributed by atoms with van der Waals surface area (Å²) in [5.74, 6) is -0.493. The van der Waals surface area contributed by atoms with Crippen molar-refractivity contribution < 1.29 is 14.4 Å². The zero-order valence-corrected chi connectivity index (χ0v) is 19.2. The summed E-state index contributed by atoms with van der Waals surface area (Å²) in [4.78, 5) is 44.0. The number of unbranched alkanes of at least 4 members (excludes halogenated alkanes) is 1. The highest BCUT2D eigenvalue weighted by atomic mass is 16.2. The van der Waals surface area contributed by atoms with Crippen LogP contribution in [0, 0.1) is 6.92 Å². The van der Waals surface area contributed by atoms with E-state index in [1.54, 1.807) is 9.80 Å². The smallest absolute Gasteiger partial charge is 0.254 e. The Morgan fingerprint density at radius 1 is 1.00 bits per heavy atom. The van der Waals surface area contributed by atoms with Gasteiger partial charge in [-0.1, -0.05) is 61.9 Å². The van der Waals surface area contributed by atoms with Gasteiger partial charge in [-0.05, 0) is 47.9 Å². The highest BCUT2D eigenvalue weighted by molar-refractivity contribution is 6.08. The van der Waals surface area contributed by atoms with E-state index in [4.69, 9.17) is 0 Å². The molecule has 0 aromatic heterocycles. The maximum absolute atomic E-state index is 13.5. The highest BCUT2D eigenvalue weighted by Gasteiger charge is 2.33. The van der Waals surface area contributed by atoms with Crippen molar-refractivity contribution in [3.63, 3.8) is 0 Å². The van der Waals surface area contributed by atoms with E-state index < -0.39 is 0 Å². The normalized spacial score (nSPS) is 13.6. The highest BCUT2D eigenvalue weighted by Crippen LogP contribution is 2.22. The molecule has 0 bridgehead atoms. The van der Waals surface area contributed by atoms with Crippen molar-refractivity contribution in [2.45, 2.75) is 26.7 Å². The molecular weight excluding hydrogens is 414 g/mol. The summed E-state index contributed by atoms with van der Waals surface area (Å²) in [6.45, 7) is 4.70. The van der Waals surface area contributed by atoms with Crippen molar-refractivity contribution in [1.82, 2.24) is 9.80 Å². The Kier molecular flexibility index (Phi) is 6.73. The maximum atomic E-state index is 13.5. The number of anilines is 1. The average molecular weight is 444 g/mol. The van der Waals surface area contributed by atoms with Crippen LogP contribution in [-0.2, 0) is 9.59 Å². The minimum absolute atomic E-state index is 0.0247. The first kappa shape index (κ1) is 22.5. The molecular formula is C27H29N3O3. The van der Waals surface area contributed by atoms with E-state index in [2.05, 4.69) is 6.92 Å². The van der Waals surface area contributed by atoms with Crippen molar-refractivity contribution in [3.05, 3.63) is 77.9 Å². The maximum Gasteiger partial charge on any atom is 0.254 e. The average Bonchev–Trinajstić information content (AvgIpc) is 3.22. The fourth-order valence-corrected chi connectivity index (χ4v) is 4.18. The van der Waals surface area contributed by atoms with Gasteiger partial charge in [0.2, 0.25) is 11.8 Å². The predicted octanol–water partition coefficient (Wildman–Crippen LogP) is 4.22. The summed E-state index contributed by atoms with van der Waals surface area (Å²) in [7, 11) is 0. The minimum atomic E-state index is -0.219. The van der Waals surface area contributed by atoms with E-state index in [-0.39, 0.29) is 37.5 Å².